The van der Waals surface area contributed by atoms with Gasteiger partial charge in [-0.25, -0.2) is 4.79 Å². The maximum Gasteiger partial charge on any atom is 0.330 e. The lowest BCUT2D eigenvalue weighted by molar-refractivity contribution is -0.133. The third kappa shape index (κ3) is 3.84. The molecule has 0 spiro atoms. The number of phenolic OH excluding ortho intramolecular Hbond substituents is 1. The van der Waals surface area contributed by atoms with Crippen molar-refractivity contribution in [1.82, 2.24) is 5.32 Å². The highest BCUT2D eigenvalue weighted by atomic mass is 16.5. The van der Waals surface area contributed by atoms with Gasteiger partial charge in [-0.2, -0.15) is 0 Å². The van der Waals surface area contributed by atoms with Crippen molar-refractivity contribution in [3.05, 3.63) is 60.2 Å². The van der Waals surface area contributed by atoms with Gasteiger partial charge >= 0.3 is 5.97 Å². The summed E-state index contributed by atoms with van der Waals surface area (Å²) in [4.78, 5) is 23.2. The first kappa shape index (κ1) is 13.6. The Balaban J connectivity index is 1.83. The van der Waals surface area contributed by atoms with Gasteiger partial charge in [0.05, 0.1) is 0 Å². The number of ether oxygens (including phenoxy) is 1. The number of benzene rings is 2. The lowest BCUT2D eigenvalue weighted by Crippen LogP contribution is -2.31. The minimum atomic E-state index is -0.583. The number of esters is 1. The van der Waals surface area contributed by atoms with Crippen molar-refractivity contribution in [2.24, 2.45) is 0 Å². The van der Waals surface area contributed by atoms with Crippen LogP contribution in [-0.2, 0) is 4.79 Å². The number of nitrogens with one attached hydrogen (secondary N) is 1. The molecule has 2 N–H and O–H groups in total. The van der Waals surface area contributed by atoms with Crippen LogP contribution in [0.4, 0.5) is 0 Å². The van der Waals surface area contributed by atoms with E-state index in [2.05, 4.69) is 5.32 Å². The Morgan fingerprint density at radius 3 is 2.30 bits per heavy atom. The number of phenols is 1. The first-order valence-electron chi connectivity index (χ1n) is 5.98. The van der Waals surface area contributed by atoms with E-state index in [0.717, 1.165) is 0 Å². The van der Waals surface area contributed by atoms with Gasteiger partial charge in [0.15, 0.2) is 0 Å². The van der Waals surface area contributed by atoms with Gasteiger partial charge < -0.3 is 15.2 Å². The monoisotopic (exact) mass is 271 g/mol. The molecule has 0 saturated heterocycles. The molecule has 0 saturated carbocycles. The summed E-state index contributed by atoms with van der Waals surface area (Å²) in [7, 11) is 0. The van der Waals surface area contributed by atoms with E-state index in [1.165, 1.54) is 24.3 Å². The Hall–Kier alpha value is -2.82. The van der Waals surface area contributed by atoms with Crippen LogP contribution in [0.2, 0.25) is 0 Å². The standard InChI is InChI=1S/C15H13NO4/c17-12-6-8-13(9-7-12)20-14(18)10-16-15(19)11-4-2-1-3-5-11/h1-9,17H,10H2,(H,16,19). The summed E-state index contributed by atoms with van der Waals surface area (Å²) in [5.41, 5.74) is 0.477. The van der Waals surface area contributed by atoms with Gasteiger partial charge in [-0.1, -0.05) is 18.2 Å². The first-order valence-corrected chi connectivity index (χ1v) is 5.98. The van der Waals surface area contributed by atoms with Crippen LogP contribution in [0.1, 0.15) is 10.4 Å². The van der Waals surface area contributed by atoms with Crippen LogP contribution in [0.25, 0.3) is 0 Å². The molecule has 0 aliphatic rings. The molecule has 0 fully saturated rings. The van der Waals surface area contributed by atoms with Crippen LogP contribution < -0.4 is 10.1 Å². The smallest absolute Gasteiger partial charge is 0.330 e. The summed E-state index contributed by atoms with van der Waals surface area (Å²) in [6, 6.07) is 14.3. The summed E-state index contributed by atoms with van der Waals surface area (Å²) >= 11 is 0. The summed E-state index contributed by atoms with van der Waals surface area (Å²) in [5.74, 6) is -0.530. The molecular formula is C15H13NO4. The number of hydrogen-bond donors (Lipinski definition) is 2. The minimum Gasteiger partial charge on any atom is -0.508 e. The summed E-state index contributed by atoms with van der Waals surface area (Å²) in [5, 5.41) is 11.6. The third-order valence-electron chi connectivity index (χ3n) is 2.50. The molecule has 2 rings (SSSR count). The van der Waals surface area contributed by atoms with E-state index in [9.17, 15) is 9.59 Å². The number of amides is 1. The van der Waals surface area contributed by atoms with Gasteiger partial charge in [-0.3, -0.25) is 4.79 Å². The van der Waals surface area contributed by atoms with Gasteiger partial charge in [-0.05, 0) is 36.4 Å². The third-order valence-corrected chi connectivity index (χ3v) is 2.50. The van der Waals surface area contributed by atoms with Gasteiger partial charge in [-0.15, -0.1) is 0 Å². The second-order valence-electron chi connectivity index (χ2n) is 4.02. The number of carbonyl (C=O) groups is 2. The van der Waals surface area contributed by atoms with Gasteiger partial charge in [0.25, 0.3) is 5.91 Å². The molecule has 1 amide bonds. The van der Waals surface area contributed by atoms with Gasteiger partial charge in [0.2, 0.25) is 0 Å². The van der Waals surface area contributed by atoms with Crippen molar-refractivity contribution in [3.63, 3.8) is 0 Å². The largest absolute Gasteiger partial charge is 0.508 e. The maximum atomic E-state index is 11.7. The Labute approximate surface area is 115 Å². The molecule has 0 radical (unpaired) electrons. The van der Waals surface area contributed by atoms with E-state index in [1.54, 1.807) is 30.3 Å². The second-order valence-corrected chi connectivity index (χ2v) is 4.02. The Bertz CT molecular complexity index is 593. The quantitative estimate of drug-likeness (QED) is 0.656. The molecule has 2 aromatic rings. The van der Waals surface area contributed by atoms with Crippen LogP contribution in [0.15, 0.2) is 54.6 Å². The highest BCUT2D eigenvalue weighted by molar-refractivity contribution is 5.95. The predicted molar refractivity (Wildman–Crippen MR) is 72.5 cm³/mol. The number of rotatable bonds is 4. The molecule has 2 aromatic carbocycles. The lowest BCUT2D eigenvalue weighted by atomic mass is 10.2. The van der Waals surface area contributed by atoms with E-state index < -0.39 is 5.97 Å². The van der Waals surface area contributed by atoms with Crippen LogP contribution >= 0.6 is 0 Å². The van der Waals surface area contributed by atoms with E-state index >= 15 is 0 Å². The van der Waals surface area contributed by atoms with Crippen LogP contribution in [-0.4, -0.2) is 23.5 Å². The molecule has 0 atom stereocenters. The molecule has 5 nitrogen and oxygen atoms in total. The van der Waals surface area contributed by atoms with Crippen LogP contribution in [0.3, 0.4) is 0 Å². The SMILES string of the molecule is O=C(CNC(=O)c1ccccc1)Oc1ccc(O)cc1. The van der Waals surface area contributed by atoms with Crippen molar-refractivity contribution in [2.75, 3.05) is 6.54 Å². The van der Waals surface area contributed by atoms with Gasteiger partial charge in [0.1, 0.15) is 18.0 Å². The van der Waals surface area contributed by atoms with Crippen LogP contribution in [0.5, 0.6) is 11.5 Å². The second kappa shape index (κ2) is 6.38. The van der Waals surface area contributed by atoms with E-state index in [0.29, 0.717) is 11.3 Å². The molecular weight excluding hydrogens is 258 g/mol. The molecule has 0 aliphatic heterocycles. The highest BCUT2D eigenvalue weighted by Crippen LogP contribution is 2.15. The fraction of sp³-hybridized carbons (Fsp3) is 0.0667. The minimum absolute atomic E-state index is 0.0854. The fourth-order valence-corrected chi connectivity index (χ4v) is 1.53. The number of hydrogen-bond acceptors (Lipinski definition) is 4. The van der Waals surface area contributed by atoms with Crippen LogP contribution in [0, 0.1) is 0 Å². The molecule has 102 valence electrons. The summed E-state index contributed by atoms with van der Waals surface area (Å²) < 4.78 is 4.99. The molecule has 0 aromatic heterocycles. The lowest BCUT2D eigenvalue weighted by Gasteiger charge is -2.06. The van der Waals surface area contributed by atoms with Gasteiger partial charge in [0, 0.05) is 5.56 Å². The van der Waals surface area contributed by atoms with Crippen molar-refractivity contribution < 1.29 is 19.4 Å². The van der Waals surface area contributed by atoms with Crippen molar-refractivity contribution >= 4 is 11.9 Å². The summed E-state index contributed by atoms with van der Waals surface area (Å²) in [6.45, 7) is -0.228. The Morgan fingerprint density at radius 2 is 1.65 bits per heavy atom. The average molecular weight is 271 g/mol. The topological polar surface area (TPSA) is 75.6 Å². The number of carbonyl (C=O) groups excluding carboxylic acids is 2. The zero-order chi connectivity index (χ0) is 14.4. The maximum absolute atomic E-state index is 11.7. The molecule has 0 bridgehead atoms. The van der Waals surface area contributed by atoms with E-state index in [1.807, 2.05) is 0 Å². The molecule has 20 heavy (non-hydrogen) atoms. The zero-order valence-corrected chi connectivity index (χ0v) is 10.6. The molecule has 0 unspecified atom stereocenters. The normalized spacial score (nSPS) is 9.80. The molecule has 0 aliphatic carbocycles. The van der Waals surface area contributed by atoms with E-state index in [4.69, 9.17) is 9.84 Å². The van der Waals surface area contributed by atoms with Crippen molar-refractivity contribution in [3.8, 4) is 11.5 Å². The fourth-order valence-electron chi connectivity index (χ4n) is 1.53. The zero-order valence-electron chi connectivity index (χ0n) is 10.6. The highest BCUT2D eigenvalue weighted by Gasteiger charge is 2.09. The van der Waals surface area contributed by atoms with Crippen molar-refractivity contribution in [2.45, 2.75) is 0 Å². The molecule has 0 heterocycles. The predicted octanol–water partition coefficient (Wildman–Crippen LogP) is 1.73. The first-order chi connectivity index (χ1) is 9.65. The molecule has 5 heteroatoms. The Morgan fingerprint density at radius 1 is 1.00 bits per heavy atom. The summed E-state index contributed by atoms with van der Waals surface area (Å²) in [6.07, 6.45) is 0. The Kier molecular flexibility index (Phi) is 4.34. The average Bonchev–Trinajstić information content (AvgIpc) is 2.48. The van der Waals surface area contributed by atoms with Crippen molar-refractivity contribution in [1.29, 1.82) is 0 Å². The number of aromatic hydroxyl groups is 1. The van der Waals surface area contributed by atoms with E-state index in [-0.39, 0.29) is 18.2 Å².